The van der Waals surface area contributed by atoms with Crippen LogP contribution in [0, 0.1) is 5.92 Å². The summed E-state index contributed by atoms with van der Waals surface area (Å²) < 4.78 is 30.0. The van der Waals surface area contributed by atoms with Crippen LogP contribution in [0.1, 0.15) is 72.3 Å². The number of hydrogen-bond donors (Lipinski definition) is 4. The smallest absolute Gasteiger partial charge is 0.409 e. The predicted molar refractivity (Wildman–Crippen MR) is 244 cm³/mol. The molecular weight excluding hydrogens is 908 g/mol. The Hall–Kier alpha value is -4.60. The van der Waals surface area contributed by atoms with E-state index >= 15 is 0 Å². The summed E-state index contributed by atoms with van der Waals surface area (Å²) in [7, 11) is 8.82. The summed E-state index contributed by atoms with van der Waals surface area (Å²) >= 11 is 6.79. The van der Waals surface area contributed by atoms with Crippen LogP contribution >= 0.6 is 33.2 Å². The number of halogens is 1. The van der Waals surface area contributed by atoms with E-state index in [1.807, 2.05) is 19.9 Å². The first-order chi connectivity index (χ1) is 30.6. The number of hydrogen-bond acceptors (Lipinski definition) is 16. The molecular formula is C44H59ClN4O14S2. The molecule has 3 aliphatic rings. The van der Waals surface area contributed by atoms with Crippen molar-refractivity contribution in [1.29, 1.82) is 0 Å². The first kappa shape index (κ1) is 51.4. The number of nitrogens with zero attached hydrogens (tertiary/aromatic N) is 3. The molecule has 3 amide bonds. The number of nitrogens with one attached hydrogen (secondary N) is 1. The zero-order valence-electron chi connectivity index (χ0n) is 37.9. The number of amides is 3. The Morgan fingerprint density at radius 3 is 2.48 bits per heavy atom. The first-order valence-electron chi connectivity index (χ1n) is 21.1. The number of alkyl carbamates (subject to hydrolysis) is 1. The van der Waals surface area contributed by atoms with Gasteiger partial charge < -0.3 is 53.6 Å². The number of aliphatic hydroxyl groups is 1. The molecule has 65 heavy (non-hydrogen) atoms. The van der Waals surface area contributed by atoms with E-state index in [0.717, 1.165) is 11.1 Å². The summed E-state index contributed by atoms with van der Waals surface area (Å²) in [4.78, 5) is 74.4. The van der Waals surface area contributed by atoms with Gasteiger partial charge in [-0.3, -0.25) is 14.9 Å². The van der Waals surface area contributed by atoms with E-state index in [-0.39, 0.29) is 41.9 Å². The van der Waals surface area contributed by atoms with Crippen molar-refractivity contribution in [1.82, 2.24) is 14.9 Å². The molecule has 21 heteroatoms. The average molecular weight is 968 g/mol. The van der Waals surface area contributed by atoms with Gasteiger partial charge in [0.2, 0.25) is 23.6 Å². The maximum absolute atomic E-state index is 14.3. The summed E-state index contributed by atoms with van der Waals surface area (Å²) in [5.41, 5.74) is -1.09. The highest BCUT2D eigenvalue weighted by atomic mass is 35.5. The Morgan fingerprint density at radius 2 is 1.82 bits per heavy atom. The van der Waals surface area contributed by atoms with Crippen LogP contribution < -0.4 is 19.8 Å². The van der Waals surface area contributed by atoms with Gasteiger partial charge in [0, 0.05) is 69.5 Å². The zero-order chi connectivity index (χ0) is 48.0. The number of allylic oxidation sites excluding steroid dienone is 3. The van der Waals surface area contributed by atoms with Crippen LogP contribution in [0.2, 0.25) is 5.02 Å². The number of methoxy groups -OCH3 is 2. The van der Waals surface area contributed by atoms with E-state index in [9.17, 15) is 39.3 Å². The lowest BCUT2D eigenvalue weighted by molar-refractivity contribution is -0.162. The van der Waals surface area contributed by atoms with Crippen LogP contribution in [-0.2, 0) is 44.5 Å². The van der Waals surface area contributed by atoms with Crippen molar-refractivity contribution in [2.24, 2.45) is 5.92 Å². The van der Waals surface area contributed by atoms with E-state index in [2.05, 4.69) is 5.32 Å². The molecule has 18 nitrogen and oxygen atoms in total. The molecule has 9 atom stereocenters. The molecule has 1 aromatic carbocycles. The third-order valence-corrected chi connectivity index (χ3v) is 15.2. The zero-order valence-corrected chi connectivity index (χ0v) is 40.3. The minimum absolute atomic E-state index is 0.0106. The number of epoxide rings is 1. The van der Waals surface area contributed by atoms with Gasteiger partial charge in [0.1, 0.15) is 40.7 Å². The standard InChI is InChI=1S/C44H59ClN4O14S2/c1-24-11-10-12-32(59-9)44(57)23-31(60-42(56)46-44)26(3)40-43(5,62-40)33(22-37(53)48(7)29-20-28(19-24)21-30(58-8)39(29)45)61-41(55)27(4)47(6)34(50)17-18-64-65-25(2)13-16-38(54)63-49-35(51)14-15-36(49)52/h10-12,14-15,20-21,25-27,31-33,40,51-52,57H,13,16-19,22-23H2,1-9H3,(H,46,56)/t25?,26-,27-,31?,32-,33+,40?,43?,44+/m1/s1. The number of anilines is 1. The van der Waals surface area contributed by atoms with Crippen LogP contribution in [-0.4, -0.2) is 136 Å². The van der Waals surface area contributed by atoms with Gasteiger partial charge in [-0.25, -0.2) is 14.4 Å². The van der Waals surface area contributed by atoms with Gasteiger partial charge in [0.25, 0.3) is 0 Å². The number of benzene rings is 1. The normalized spacial score (nSPS) is 26.7. The van der Waals surface area contributed by atoms with Crippen molar-refractivity contribution in [3.8, 4) is 17.5 Å². The SMILES string of the molecule is COc1cc2cc(c1Cl)N(C)C(=O)C[C@H](OC(=O)[C@@H](C)N(C)C(=O)CCSSC(C)CCC(=O)On1c(O)ccc1O)C1(C)OC1[C@H](C)C1C[C@@](O)(NC(=O)O1)[C@H](OC)C=CC=C(C)C2. The molecule has 4 unspecified atom stereocenters. The van der Waals surface area contributed by atoms with Crippen molar-refractivity contribution < 1.29 is 67.8 Å². The second-order valence-electron chi connectivity index (χ2n) is 16.7. The average Bonchev–Trinajstić information content (AvgIpc) is 3.87. The topological polar surface area (TPSA) is 228 Å². The van der Waals surface area contributed by atoms with Gasteiger partial charge in [-0.05, 0) is 51.3 Å². The summed E-state index contributed by atoms with van der Waals surface area (Å²) in [6, 6.07) is 4.85. The lowest BCUT2D eigenvalue weighted by atomic mass is 9.83. The Morgan fingerprint density at radius 1 is 1.12 bits per heavy atom. The molecule has 0 aliphatic carbocycles. The summed E-state index contributed by atoms with van der Waals surface area (Å²) in [6.07, 6.45) is 1.10. The van der Waals surface area contributed by atoms with E-state index in [4.69, 9.17) is 40.1 Å². The van der Waals surface area contributed by atoms with Gasteiger partial charge in [-0.2, -0.15) is 0 Å². The van der Waals surface area contributed by atoms with E-state index in [1.165, 1.54) is 71.7 Å². The number of esters is 1. The molecule has 2 fully saturated rings. The number of fused-ring (bicyclic) bond motifs is 5. The molecule has 1 aromatic heterocycles. The maximum Gasteiger partial charge on any atom is 0.409 e. The van der Waals surface area contributed by atoms with Crippen LogP contribution in [0.3, 0.4) is 0 Å². The molecule has 4 bridgehead atoms. The Kier molecular flexibility index (Phi) is 17.2. The van der Waals surface area contributed by atoms with Crippen molar-refractivity contribution in [2.45, 2.75) is 120 Å². The number of likely N-dealkylation sites (N-methyl/N-ethyl adjacent to an activating group) is 1. The highest BCUT2D eigenvalue weighted by molar-refractivity contribution is 8.76. The fourth-order valence-corrected chi connectivity index (χ4v) is 10.3. The van der Waals surface area contributed by atoms with Gasteiger partial charge in [-0.15, -0.1) is 4.73 Å². The molecule has 4 N–H and O–H groups in total. The third-order valence-electron chi connectivity index (χ3n) is 11.9. The summed E-state index contributed by atoms with van der Waals surface area (Å²) in [6.45, 7) is 8.81. The van der Waals surface area contributed by atoms with E-state index in [1.54, 1.807) is 45.2 Å². The monoisotopic (exact) mass is 966 g/mol. The Balaban J connectivity index is 1.29. The van der Waals surface area contributed by atoms with Crippen LogP contribution in [0.4, 0.5) is 10.5 Å². The molecule has 0 radical (unpaired) electrons. The maximum atomic E-state index is 14.3. The minimum Gasteiger partial charge on any atom is -0.495 e. The lowest BCUT2D eigenvalue weighted by Crippen LogP contribution is -2.63. The predicted octanol–water partition coefficient (Wildman–Crippen LogP) is 5.32. The Bertz CT molecular complexity index is 2130. The van der Waals surface area contributed by atoms with Crippen LogP contribution in [0.5, 0.6) is 17.5 Å². The second kappa shape index (κ2) is 21.8. The van der Waals surface area contributed by atoms with Gasteiger partial charge in [-0.1, -0.05) is 70.8 Å². The molecule has 0 saturated carbocycles. The second-order valence-corrected chi connectivity index (χ2v) is 20.0. The van der Waals surface area contributed by atoms with Gasteiger partial charge in [0.05, 0.1) is 25.3 Å². The molecule has 5 rings (SSSR count). The lowest BCUT2D eigenvalue weighted by Gasteiger charge is -2.42. The first-order valence-corrected chi connectivity index (χ1v) is 23.8. The molecule has 2 saturated heterocycles. The number of ether oxygens (including phenoxy) is 5. The fourth-order valence-electron chi connectivity index (χ4n) is 7.70. The fraction of sp³-hybridized carbons (Fsp3) is 0.568. The van der Waals surface area contributed by atoms with Crippen LogP contribution in [0.25, 0.3) is 0 Å². The van der Waals surface area contributed by atoms with Crippen molar-refractivity contribution in [2.75, 3.05) is 39.0 Å². The molecule has 358 valence electrons. The minimum atomic E-state index is -1.86. The third kappa shape index (κ3) is 12.4. The molecule has 2 aromatic rings. The van der Waals surface area contributed by atoms with Crippen molar-refractivity contribution >= 4 is 68.7 Å². The molecule has 3 aliphatic heterocycles. The van der Waals surface area contributed by atoms with Crippen molar-refractivity contribution in [3.05, 3.63) is 58.7 Å². The summed E-state index contributed by atoms with van der Waals surface area (Å²) in [5.74, 6) is -2.89. The van der Waals surface area contributed by atoms with E-state index < -0.39 is 83.4 Å². The Labute approximate surface area is 391 Å². The largest absolute Gasteiger partial charge is 0.495 e. The molecule has 0 spiro atoms. The van der Waals surface area contributed by atoms with Crippen LogP contribution in [0.15, 0.2) is 48.1 Å². The number of aromatic hydroxyl groups is 2. The van der Waals surface area contributed by atoms with Gasteiger partial charge in [0.15, 0.2) is 5.72 Å². The highest BCUT2D eigenvalue weighted by Crippen LogP contribution is 2.49. The number of carbonyl (C=O) groups is 5. The highest BCUT2D eigenvalue weighted by Gasteiger charge is 2.64. The van der Waals surface area contributed by atoms with Crippen molar-refractivity contribution in [3.63, 3.8) is 0 Å². The molecule has 4 heterocycles. The van der Waals surface area contributed by atoms with E-state index in [0.29, 0.717) is 34.8 Å². The number of aromatic nitrogens is 1. The number of rotatable bonds is 14. The quantitative estimate of drug-likeness (QED) is 0.0813. The number of carbonyl (C=O) groups excluding carboxylic acids is 5. The summed E-state index contributed by atoms with van der Waals surface area (Å²) in [5, 5.41) is 33.9. The van der Waals surface area contributed by atoms with Gasteiger partial charge >= 0.3 is 18.0 Å².